The van der Waals surface area contributed by atoms with Crippen LogP contribution in [0, 0.1) is 0 Å². The molecule has 0 saturated carbocycles. The molecule has 3 heterocycles. The summed E-state index contributed by atoms with van der Waals surface area (Å²) < 4.78 is 12.7. The Morgan fingerprint density at radius 1 is 1.25 bits per heavy atom. The van der Waals surface area contributed by atoms with Gasteiger partial charge < -0.3 is 19.5 Å². The Morgan fingerprint density at radius 2 is 2.06 bits per heavy atom. The van der Waals surface area contributed by atoms with E-state index in [-0.39, 0.29) is 22.1 Å². The van der Waals surface area contributed by atoms with Crippen LogP contribution < -0.4 is 19.7 Å². The molecule has 9 heteroatoms. The Kier molecular flexibility index (Phi) is 5.50. The molecular weight excluding hydrogens is 450 g/mol. The third-order valence-electron chi connectivity index (χ3n) is 5.39. The Hall–Kier alpha value is -3.07. The summed E-state index contributed by atoms with van der Waals surface area (Å²) in [7, 11) is 1.45. The predicted octanol–water partition coefficient (Wildman–Crippen LogP) is 3.17. The molecule has 1 fully saturated rings. The van der Waals surface area contributed by atoms with Gasteiger partial charge in [0.05, 0.1) is 35.6 Å². The number of hydrogen-bond acceptors (Lipinski definition) is 7. The molecule has 0 radical (unpaired) electrons. The zero-order valence-corrected chi connectivity index (χ0v) is 18.8. The third-order valence-corrected chi connectivity index (χ3v) is 6.66. The van der Waals surface area contributed by atoms with Gasteiger partial charge in [-0.1, -0.05) is 35.1 Å². The Bertz CT molecular complexity index is 1410. The number of thiazole rings is 1. The first-order valence-electron chi connectivity index (χ1n) is 10.1. The summed E-state index contributed by atoms with van der Waals surface area (Å²) in [5.74, 6) is 0.124. The van der Waals surface area contributed by atoms with E-state index in [0.717, 1.165) is 43.2 Å². The number of fused-ring (bicyclic) bond motifs is 1. The second-order valence-electron chi connectivity index (χ2n) is 7.40. The zero-order chi connectivity index (χ0) is 22.2. The molecule has 5 rings (SSSR count). The highest BCUT2D eigenvalue weighted by molar-refractivity contribution is 7.15. The number of hydrogen-bond donors (Lipinski definition) is 1. The number of nitrogens with zero attached hydrogens (tertiary/aromatic N) is 3. The van der Waals surface area contributed by atoms with E-state index < -0.39 is 0 Å². The van der Waals surface area contributed by atoms with Crippen LogP contribution in [0.25, 0.3) is 22.3 Å². The number of phenolic OH excluding ortho intramolecular Hbond substituents is 1. The lowest BCUT2D eigenvalue weighted by Gasteiger charge is -2.29. The summed E-state index contributed by atoms with van der Waals surface area (Å²) in [6.45, 7) is 3.16. The summed E-state index contributed by atoms with van der Waals surface area (Å²) in [5, 5.41) is 10.1. The van der Waals surface area contributed by atoms with Crippen molar-refractivity contribution < 1.29 is 14.6 Å². The number of morpholine rings is 1. The molecule has 0 atom stereocenters. The molecule has 32 heavy (non-hydrogen) atoms. The molecule has 7 nitrogen and oxygen atoms in total. The number of rotatable bonds is 4. The minimum absolute atomic E-state index is 0.126. The second-order valence-corrected chi connectivity index (χ2v) is 8.81. The van der Waals surface area contributed by atoms with E-state index in [2.05, 4.69) is 22.0 Å². The van der Waals surface area contributed by atoms with Crippen molar-refractivity contribution in [2.24, 2.45) is 0 Å². The minimum Gasteiger partial charge on any atom is -0.503 e. The van der Waals surface area contributed by atoms with E-state index in [1.165, 1.54) is 18.4 Å². The van der Waals surface area contributed by atoms with Gasteiger partial charge >= 0.3 is 0 Å². The molecule has 4 aromatic rings. The minimum atomic E-state index is -0.156. The molecule has 2 aromatic heterocycles. The van der Waals surface area contributed by atoms with Crippen molar-refractivity contribution in [1.82, 2.24) is 9.38 Å². The van der Waals surface area contributed by atoms with Gasteiger partial charge in [0.2, 0.25) is 0 Å². The quantitative estimate of drug-likeness (QED) is 0.494. The first kappa shape index (κ1) is 20.8. The van der Waals surface area contributed by atoms with Crippen molar-refractivity contribution >= 4 is 39.7 Å². The van der Waals surface area contributed by atoms with Gasteiger partial charge in [0.25, 0.3) is 5.56 Å². The number of methoxy groups -OCH3 is 1. The van der Waals surface area contributed by atoms with Crippen LogP contribution >= 0.6 is 22.9 Å². The van der Waals surface area contributed by atoms with E-state index in [0.29, 0.717) is 15.1 Å². The number of imidazole rings is 1. The molecule has 1 N–H and O–H groups in total. The summed E-state index contributed by atoms with van der Waals surface area (Å²) in [6.07, 6.45) is 3.49. The smallest absolute Gasteiger partial charge is 0.274 e. The van der Waals surface area contributed by atoms with Gasteiger partial charge in [-0.3, -0.25) is 9.20 Å². The molecule has 1 aliphatic heterocycles. The topological polar surface area (TPSA) is 76.3 Å². The van der Waals surface area contributed by atoms with Crippen LogP contribution in [0.3, 0.4) is 0 Å². The van der Waals surface area contributed by atoms with Gasteiger partial charge in [0.15, 0.2) is 16.5 Å². The van der Waals surface area contributed by atoms with E-state index in [4.69, 9.17) is 21.1 Å². The highest BCUT2D eigenvalue weighted by atomic mass is 35.5. The molecule has 0 aliphatic carbocycles. The monoisotopic (exact) mass is 469 g/mol. The van der Waals surface area contributed by atoms with Crippen LogP contribution in [0.2, 0.25) is 5.02 Å². The van der Waals surface area contributed by atoms with Crippen LogP contribution in [0.15, 0.2) is 47.4 Å². The highest BCUT2D eigenvalue weighted by Crippen LogP contribution is 2.35. The van der Waals surface area contributed by atoms with Gasteiger partial charge in [0.1, 0.15) is 0 Å². The maximum atomic E-state index is 13.0. The molecule has 1 aliphatic rings. The number of halogens is 1. The lowest BCUT2D eigenvalue weighted by Crippen LogP contribution is -2.36. The number of benzene rings is 2. The number of aromatic hydroxyl groups is 1. The van der Waals surface area contributed by atoms with E-state index in [1.54, 1.807) is 28.8 Å². The van der Waals surface area contributed by atoms with Gasteiger partial charge in [-0.2, -0.15) is 0 Å². The summed E-state index contributed by atoms with van der Waals surface area (Å²) in [5.41, 5.74) is 3.34. The summed E-state index contributed by atoms with van der Waals surface area (Å²) in [6, 6.07) is 11.4. The largest absolute Gasteiger partial charge is 0.503 e. The fourth-order valence-corrected chi connectivity index (χ4v) is 4.91. The van der Waals surface area contributed by atoms with Gasteiger partial charge in [-0.15, -0.1) is 0 Å². The van der Waals surface area contributed by atoms with E-state index in [1.807, 2.05) is 12.1 Å². The van der Waals surface area contributed by atoms with Crippen molar-refractivity contribution in [2.45, 2.75) is 0 Å². The predicted molar refractivity (Wildman–Crippen MR) is 126 cm³/mol. The molecule has 0 bridgehead atoms. The fourth-order valence-electron chi connectivity index (χ4n) is 3.74. The van der Waals surface area contributed by atoms with Gasteiger partial charge in [-0.25, -0.2) is 4.98 Å². The summed E-state index contributed by atoms with van der Waals surface area (Å²) in [4.78, 5) is 20.6. The lowest BCUT2D eigenvalue weighted by atomic mass is 10.1. The van der Waals surface area contributed by atoms with E-state index >= 15 is 0 Å². The van der Waals surface area contributed by atoms with Gasteiger partial charge in [-0.05, 0) is 35.9 Å². The van der Waals surface area contributed by atoms with Crippen LogP contribution in [-0.4, -0.2) is 47.9 Å². The maximum Gasteiger partial charge on any atom is 0.274 e. The van der Waals surface area contributed by atoms with E-state index in [9.17, 15) is 9.90 Å². The standard InChI is InChI=1S/C23H20ClN3O4S/c1-30-19-10-14(9-17(24)21(19)28)11-20-22(29)27-13-18(25-23(27)32-20)15-3-2-4-16(12-15)26-5-7-31-8-6-26/h2-4,9-13,28H,5-8H2,1H3/b20-11-. The fraction of sp³-hybridized carbons (Fsp3) is 0.217. The number of ether oxygens (including phenoxy) is 2. The van der Waals surface area contributed by atoms with Crippen molar-refractivity contribution in [3.05, 3.63) is 68.1 Å². The second kappa shape index (κ2) is 8.46. The Morgan fingerprint density at radius 3 is 2.81 bits per heavy atom. The van der Waals surface area contributed by atoms with Crippen LogP contribution in [-0.2, 0) is 4.74 Å². The highest BCUT2D eigenvalue weighted by Gasteiger charge is 2.15. The van der Waals surface area contributed by atoms with Crippen molar-refractivity contribution in [3.8, 4) is 22.8 Å². The number of phenols is 1. The normalized spacial score (nSPS) is 14.9. The van der Waals surface area contributed by atoms with Crippen molar-refractivity contribution in [1.29, 1.82) is 0 Å². The first-order chi connectivity index (χ1) is 15.5. The third kappa shape index (κ3) is 3.81. The summed E-state index contributed by atoms with van der Waals surface area (Å²) >= 11 is 7.37. The first-order valence-corrected chi connectivity index (χ1v) is 11.3. The average Bonchev–Trinajstić information content (AvgIpc) is 3.36. The zero-order valence-electron chi connectivity index (χ0n) is 17.2. The maximum absolute atomic E-state index is 13.0. The van der Waals surface area contributed by atoms with Crippen LogP contribution in [0.5, 0.6) is 11.5 Å². The van der Waals surface area contributed by atoms with Gasteiger partial charge in [0, 0.05) is 30.5 Å². The lowest BCUT2D eigenvalue weighted by molar-refractivity contribution is 0.122. The van der Waals surface area contributed by atoms with Crippen molar-refractivity contribution in [2.75, 3.05) is 38.3 Å². The van der Waals surface area contributed by atoms with Crippen LogP contribution in [0.1, 0.15) is 5.56 Å². The molecule has 2 aromatic carbocycles. The number of anilines is 1. The SMILES string of the molecule is COc1cc(/C=c2\sc3nc(-c4cccc(N5CCOCC5)c4)cn3c2=O)cc(Cl)c1O. The molecule has 1 saturated heterocycles. The molecule has 0 spiro atoms. The van der Waals surface area contributed by atoms with Crippen LogP contribution in [0.4, 0.5) is 5.69 Å². The molecular formula is C23H20ClN3O4S. The number of aromatic nitrogens is 2. The molecule has 0 unspecified atom stereocenters. The van der Waals surface area contributed by atoms with Crippen molar-refractivity contribution in [3.63, 3.8) is 0 Å². The Balaban J connectivity index is 1.51. The molecule has 164 valence electrons. The molecule has 0 amide bonds. The average molecular weight is 470 g/mol. The Labute approximate surface area is 192 Å².